The van der Waals surface area contributed by atoms with Gasteiger partial charge in [-0.3, -0.25) is 4.79 Å². The van der Waals surface area contributed by atoms with Crippen molar-refractivity contribution in [1.82, 2.24) is 9.55 Å². The van der Waals surface area contributed by atoms with Gasteiger partial charge in [0.25, 0.3) is 0 Å². The minimum atomic E-state index is -0.199. The van der Waals surface area contributed by atoms with Gasteiger partial charge in [-0.1, -0.05) is 11.6 Å². The Morgan fingerprint density at radius 3 is 2.91 bits per heavy atom. The molecule has 11 heavy (non-hydrogen) atoms. The second-order valence-electron chi connectivity index (χ2n) is 2.12. The summed E-state index contributed by atoms with van der Waals surface area (Å²) < 4.78 is 1.55. The third-order valence-electron chi connectivity index (χ3n) is 1.34. The maximum Gasteiger partial charge on any atom is 0.195 e. The second kappa shape index (κ2) is 3.02. The minimum absolute atomic E-state index is 0.0424. The van der Waals surface area contributed by atoms with Crippen LogP contribution in [0.5, 0.6) is 0 Å². The highest BCUT2D eigenvalue weighted by Crippen LogP contribution is 2.11. The maximum absolute atomic E-state index is 11.0. The average molecular weight is 174 g/mol. The average Bonchev–Trinajstić information content (AvgIpc) is 2.30. The number of nitrogens with two attached hydrogens (primary N) is 1. The zero-order valence-electron chi connectivity index (χ0n) is 6.04. The Balaban J connectivity index is 3.10. The molecule has 1 rings (SSSR count). The largest absolute Gasteiger partial charge is 0.330 e. The highest BCUT2D eigenvalue weighted by atomic mass is 35.5. The van der Waals surface area contributed by atoms with Crippen molar-refractivity contribution in [3.8, 4) is 0 Å². The fourth-order valence-electron chi connectivity index (χ4n) is 0.810. The quantitative estimate of drug-likeness (QED) is 0.651. The van der Waals surface area contributed by atoms with Crippen LogP contribution in [0.15, 0.2) is 6.33 Å². The van der Waals surface area contributed by atoms with Crippen molar-refractivity contribution < 1.29 is 4.79 Å². The van der Waals surface area contributed by atoms with Crippen LogP contribution in [0.2, 0.25) is 5.15 Å². The van der Waals surface area contributed by atoms with Gasteiger partial charge in [-0.05, 0) is 0 Å². The molecule has 0 amide bonds. The summed E-state index contributed by atoms with van der Waals surface area (Å²) in [5.74, 6) is -0.199. The topological polar surface area (TPSA) is 60.9 Å². The van der Waals surface area contributed by atoms with Crippen LogP contribution < -0.4 is 5.73 Å². The summed E-state index contributed by atoms with van der Waals surface area (Å²) in [6.07, 6.45) is 1.48. The van der Waals surface area contributed by atoms with Crippen LogP contribution >= 0.6 is 11.6 Å². The molecule has 0 spiro atoms. The first-order chi connectivity index (χ1) is 5.16. The van der Waals surface area contributed by atoms with E-state index in [1.54, 1.807) is 11.6 Å². The second-order valence-corrected chi connectivity index (χ2v) is 2.48. The number of hydrogen-bond donors (Lipinski definition) is 1. The van der Waals surface area contributed by atoms with Crippen molar-refractivity contribution >= 4 is 17.4 Å². The van der Waals surface area contributed by atoms with Gasteiger partial charge in [0.1, 0.15) is 5.69 Å². The normalized spacial score (nSPS) is 10.1. The summed E-state index contributed by atoms with van der Waals surface area (Å²) in [6, 6.07) is 0. The van der Waals surface area contributed by atoms with Crippen LogP contribution in [-0.4, -0.2) is 21.9 Å². The molecule has 0 aliphatic heterocycles. The fourth-order valence-corrected chi connectivity index (χ4v) is 1.09. The molecule has 0 unspecified atom stereocenters. The molecule has 0 fully saturated rings. The van der Waals surface area contributed by atoms with Crippen LogP contribution in [0.1, 0.15) is 10.5 Å². The Kier molecular flexibility index (Phi) is 2.26. The van der Waals surface area contributed by atoms with Crippen LogP contribution in [0.3, 0.4) is 0 Å². The van der Waals surface area contributed by atoms with Gasteiger partial charge in [0.05, 0.1) is 12.9 Å². The molecular weight excluding hydrogens is 166 g/mol. The summed E-state index contributed by atoms with van der Waals surface area (Å²) in [7, 11) is 1.70. The van der Waals surface area contributed by atoms with Gasteiger partial charge in [0, 0.05) is 7.05 Å². The van der Waals surface area contributed by atoms with Gasteiger partial charge in [0.2, 0.25) is 0 Å². The summed E-state index contributed by atoms with van der Waals surface area (Å²) in [4.78, 5) is 14.8. The lowest BCUT2D eigenvalue weighted by Gasteiger charge is -1.97. The number of hydrogen-bond acceptors (Lipinski definition) is 3. The molecule has 1 heterocycles. The molecule has 4 nitrogen and oxygen atoms in total. The molecule has 0 atom stereocenters. The van der Waals surface area contributed by atoms with E-state index in [0.29, 0.717) is 5.69 Å². The van der Waals surface area contributed by atoms with E-state index in [9.17, 15) is 4.79 Å². The summed E-state index contributed by atoms with van der Waals surface area (Å²) in [6.45, 7) is -0.0424. The molecule has 0 saturated carbocycles. The van der Waals surface area contributed by atoms with Gasteiger partial charge in [0.15, 0.2) is 10.9 Å². The molecule has 0 aliphatic rings. The summed E-state index contributed by atoms with van der Waals surface area (Å²) >= 11 is 5.61. The molecule has 1 aromatic rings. The number of Topliss-reactive ketones (excluding diaryl/α,β-unsaturated/α-hetero) is 1. The van der Waals surface area contributed by atoms with E-state index in [1.165, 1.54) is 6.33 Å². The minimum Gasteiger partial charge on any atom is -0.330 e. The van der Waals surface area contributed by atoms with Crippen molar-refractivity contribution in [3.05, 3.63) is 17.2 Å². The molecule has 0 aromatic carbocycles. The maximum atomic E-state index is 11.0. The number of rotatable bonds is 2. The van der Waals surface area contributed by atoms with Gasteiger partial charge in [-0.2, -0.15) is 0 Å². The van der Waals surface area contributed by atoms with Crippen LogP contribution in [-0.2, 0) is 7.05 Å². The molecule has 0 aliphatic carbocycles. The smallest absolute Gasteiger partial charge is 0.195 e. The summed E-state index contributed by atoms with van der Waals surface area (Å²) in [5, 5.41) is 0.211. The number of carbonyl (C=O) groups excluding carboxylic acids is 1. The van der Waals surface area contributed by atoms with E-state index in [-0.39, 0.29) is 17.5 Å². The van der Waals surface area contributed by atoms with Crippen LogP contribution in [0.4, 0.5) is 0 Å². The first kappa shape index (κ1) is 8.23. The SMILES string of the molecule is Cn1cnc(Cl)c1C(=O)CN. The third kappa shape index (κ3) is 1.41. The molecule has 0 radical (unpaired) electrons. The van der Waals surface area contributed by atoms with Crippen molar-refractivity contribution in [2.45, 2.75) is 0 Å². The van der Waals surface area contributed by atoms with Crippen molar-refractivity contribution in [2.75, 3.05) is 6.54 Å². The van der Waals surface area contributed by atoms with E-state index in [0.717, 1.165) is 0 Å². The Morgan fingerprint density at radius 2 is 2.55 bits per heavy atom. The number of carbonyl (C=O) groups is 1. The van der Waals surface area contributed by atoms with E-state index >= 15 is 0 Å². The summed E-state index contributed by atoms with van der Waals surface area (Å²) in [5.41, 5.74) is 5.52. The van der Waals surface area contributed by atoms with Crippen molar-refractivity contribution in [3.63, 3.8) is 0 Å². The molecule has 2 N–H and O–H groups in total. The zero-order chi connectivity index (χ0) is 8.43. The van der Waals surface area contributed by atoms with Gasteiger partial charge in [-0.15, -0.1) is 0 Å². The Morgan fingerprint density at radius 1 is 1.91 bits per heavy atom. The first-order valence-corrected chi connectivity index (χ1v) is 3.44. The predicted molar refractivity (Wildman–Crippen MR) is 41.6 cm³/mol. The number of aryl methyl sites for hydroxylation is 1. The zero-order valence-corrected chi connectivity index (χ0v) is 6.80. The first-order valence-electron chi connectivity index (χ1n) is 3.07. The van der Waals surface area contributed by atoms with Crippen molar-refractivity contribution in [1.29, 1.82) is 0 Å². The van der Waals surface area contributed by atoms with Crippen LogP contribution in [0, 0.1) is 0 Å². The molecule has 0 bridgehead atoms. The lowest BCUT2D eigenvalue weighted by Crippen LogP contribution is -2.16. The monoisotopic (exact) mass is 173 g/mol. The van der Waals surface area contributed by atoms with E-state index < -0.39 is 0 Å². The standard InChI is InChI=1S/C6H8ClN3O/c1-10-3-9-6(7)5(10)4(11)2-8/h3H,2,8H2,1H3. The van der Waals surface area contributed by atoms with Gasteiger partial charge in [-0.25, -0.2) is 4.98 Å². The van der Waals surface area contributed by atoms with Gasteiger partial charge >= 0.3 is 0 Å². The Bertz CT molecular complexity index is 262. The number of ketones is 1. The lowest BCUT2D eigenvalue weighted by atomic mass is 10.3. The van der Waals surface area contributed by atoms with E-state index in [1.807, 2.05) is 0 Å². The molecule has 60 valence electrons. The Hall–Kier alpha value is -0.870. The fraction of sp³-hybridized carbons (Fsp3) is 0.333. The number of aromatic nitrogens is 2. The predicted octanol–water partition coefficient (Wildman–Crippen LogP) is 0.215. The number of halogens is 1. The lowest BCUT2D eigenvalue weighted by molar-refractivity contribution is 0.0994. The highest BCUT2D eigenvalue weighted by molar-refractivity contribution is 6.32. The molecule has 0 saturated heterocycles. The number of imidazole rings is 1. The Labute approximate surface area is 69.0 Å². The van der Waals surface area contributed by atoms with Crippen LogP contribution in [0.25, 0.3) is 0 Å². The molecular formula is C6H8ClN3O. The highest BCUT2D eigenvalue weighted by Gasteiger charge is 2.12. The molecule has 1 aromatic heterocycles. The van der Waals surface area contributed by atoms with E-state index in [2.05, 4.69) is 4.98 Å². The van der Waals surface area contributed by atoms with Gasteiger partial charge < -0.3 is 10.3 Å². The molecule has 5 heteroatoms. The number of nitrogens with zero attached hydrogens (tertiary/aromatic N) is 2. The van der Waals surface area contributed by atoms with E-state index in [4.69, 9.17) is 17.3 Å². The third-order valence-corrected chi connectivity index (χ3v) is 1.62. The van der Waals surface area contributed by atoms with Crippen molar-refractivity contribution in [2.24, 2.45) is 12.8 Å².